The van der Waals surface area contributed by atoms with Crippen LogP contribution in [0.5, 0.6) is 0 Å². The van der Waals surface area contributed by atoms with Crippen molar-refractivity contribution in [3.05, 3.63) is 23.9 Å². The van der Waals surface area contributed by atoms with Crippen LogP contribution < -0.4 is 5.32 Å². The number of hydrogen-bond donors (Lipinski definition) is 1. The van der Waals surface area contributed by atoms with Crippen molar-refractivity contribution < 1.29 is 0 Å². The molecule has 5 heteroatoms. The van der Waals surface area contributed by atoms with Gasteiger partial charge in [-0.3, -0.25) is 4.68 Å². The van der Waals surface area contributed by atoms with E-state index in [2.05, 4.69) is 20.6 Å². The van der Waals surface area contributed by atoms with E-state index in [1.807, 2.05) is 37.0 Å². The fourth-order valence-electron chi connectivity index (χ4n) is 4.64. The molecule has 0 aromatic carbocycles. The zero-order valence-corrected chi connectivity index (χ0v) is 14.0. The van der Waals surface area contributed by atoms with E-state index in [9.17, 15) is 0 Å². The van der Waals surface area contributed by atoms with Crippen LogP contribution in [0.1, 0.15) is 37.7 Å². The van der Waals surface area contributed by atoms with Gasteiger partial charge in [-0.15, -0.1) is 10.2 Å². The lowest BCUT2D eigenvalue weighted by Crippen LogP contribution is -2.19. The molecule has 5 nitrogen and oxygen atoms in total. The van der Waals surface area contributed by atoms with Gasteiger partial charge in [0.1, 0.15) is 11.5 Å². The lowest BCUT2D eigenvalue weighted by Gasteiger charge is -2.19. The number of fused-ring (bicyclic) bond motifs is 1. The summed E-state index contributed by atoms with van der Waals surface area (Å²) < 4.78 is 1.85. The Kier molecular flexibility index (Phi) is 3.79. The largest absolute Gasteiger partial charge is 0.368 e. The van der Waals surface area contributed by atoms with Crippen LogP contribution in [0.2, 0.25) is 0 Å². The maximum Gasteiger partial charge on any atom is 0.148 e. The summed E-state index contributed by atoms with van der Waals surface area (Å²) in [5.74, 6) is 3.66. The molecule has 2 fully saturated rings. The highest BCUT2D eigenvalue weighted by Gasteiger charge is 2.38. The second kappa shape index (κ2) is 5.95. The van der Waals surface area contributed by atoms with Crippen LogP contribution in [-0.2, 0) is 7.05 Å². The first-order valence-electron chi connectivity index (χ1n) is 8.79. The number of rotatable bonds is 4. The van der Waals surface area contributed by atoms with Gasteiger partial charge in [-0.1, -0.05) is 12.8 Å². The van der Waals surface area contributed by atoms with Crippen LogP contribution in [0, 0.1) is 24.7 Å². The van der Waals surface area contributed by atoms with Gasteiger partial charge in [0.2, 0.25) is 0 Å². The van der Waals surface area contributed by atoms with E-state index in [0.29, 0.717) is 0 Å². The second-order valence-electron chi connectivity index (χ2n) is 7.18. The Morgan fingerprint density at radius 3 is 2.83 bits per heavy atom. The van der Waals surface area contributed by atoms with E-state index in [0.717, 1.165) is 47.1 Å². The van der Waals surface area contributed by atoms with Crippen LogP contribution in [0.25, 0.3) is 11.4 Å². The van der Waals surface area contributed by atoms with E-state index in [-0.39, 0.29) is 0 Å². The molecule has 2 saturated carbocycles. The van der Waals surface area contributed by atoms with Crippen molar-refractivity contribution in [1.29, 1.82) is 0 Å². The molecule has 0 radical (unpaired) electrons. The molecule has 2 aromatic rings. The Labute approximate surface area is 137 Å². The maximum atomic E-state index is 4.38. The highest BCUT2D eigenvalue weighted by atomic mass is 15.3. The number of aromatic nitrogens is 4. The summed E-state index contributed by atoms with van der Waals surface area (Å²) >= 11 is 0. The van der Waals surface area contributed by atoms with E-state index >= 15 is 0 Å². The molecule has 2 aliphatic rings. The van der Waals surface area contributed by atoms with Crippen molar-refractivity contribution in [2.45, 2.75) is 39.0 Å². The van der Waals surface area contributed by atoms with Crippen LogP contribution in [-0.4, -0.2) is 26.5 Å². The van der Waals surface area contributed by atoms with E-state index < -0.39 is 0 Å². The van der Waals surface area contributed by atoms with E-state index in [1.54, 1.807) is 0 Å². The number of hydrogen-bond acceptors (Lipinski definition) is 4. The highest BCUT2D eigenvalue weighted by molar-refractivity contribution is 5.59. The molecule has 0 saturated heterocycles. The number of nitrogens with zero attached hydrogens (tertiary/aromatic N) is 4. The third-order valence-electron chi connectivity index (χ3n) is 5.81. The fourth-order valence-corrected chi connectivity index (χ4v) is 4.64. The number of nitrogens with one attached hydrogen (secondary N) is 1. The molecule has 3 unspecified atom stereocenters. The van der Waals surface area contributed by atoms with Crippen molar-refractivity contribution >= 4 is 5.82 Å². The van der Waals surface area contributed by atoms with Gasteiger partial charge in [-0.25, -0.2) is 0 Å². The van der Waals surface area contributed by atoms with Crippen LogP contribution >= 0.6 is 0 Å². The molecular weight excluding hydrogens is 286 g/mol. The molecule has 2 aromatic heterocycles. The number of aryl methyl sites for hydroxylation is 2. The Balaban J connectivity index is 1.41. The molecule has 0 bridgehead atoms. The molecule has 122 valence electrons. The Hall–Kier alpha value is -1.91. The predicted molar refractivity (Wildman–Crippen MR) is 91.0 cm³/mol. The van der Waals surface area contributed by atoms with Gasteiger partial charge < -0.3 is 5.32 Å². The molecule has 3 atom stereocenters. The molecule has 2 heterocycles. The SMILES string of the molecule is Cc1cnn(C)c1-c1ccc(NCC2CCC3CCCC32)nn1. The quantitative estimate of drug-likeness (QED) is 0.940. The molecule has 4 rings (SSSR count). The lowest BCUT2D eigenvalue weighted by atomic mass is 9.92. The van der Waals surface area contributed by atoms with Crippen molar-refractivity contribution in [2.75, 3.05) is 11.9 Å². The Morgan fingerprint density at radius 1 is 1.17 bits per heavy atom. The Bertz CT molecular complexity index is 656. The fraction of sp³-hybridized carbons (Fsp3) is 0.611. The van der Waals surface area contributed by atoms with Gasteiger partial charge in [0, 0.05) is 13.6 Å². The van der Waals surface area contributed by atoms with E-state index in [1.165, 1.54) is 32.1 Å². The minimum absolute atomic E-state index is 0.822. The summed E-state index contributed by atoms with van der Waals surface area (Å²) in [4.78, 5) is 0. The number of anilines is 1. The molecule has 1 N–H and O–H groups in total. The second-order valence-corrected chi connectivity index (χ2v) is 7.18. The topological polar surface area (TPSA) is 55.6 Å². The maximum absolute atomic E-state index is 4.38. The van der Waals surface area contributed by atoms with Crippen LogP contribution in [0.15, 0.2) is 18.3 Å². The summed E-state index contributed by atoms with van der Waals surface area (Å²) in [6.07, 6.45) is 9.00. The minimum atomic E-state index is 0.822. The molecule has 0 amide bonds. The third kappa shape index (κ3) is 2.73. The first-order chi connectivity index (χ1) is 11.2. The molecule has 23 heavy (non-hydrogen) atoms. The summed E-state index contributed by atoms with van der Waals surface area (Å²) in [5.41, 5.74) is 3.04. The smallest absolute Gasteiger partial charge is 0.148 e. The summed E-state index contributed by atoms with van der Waals surface area (Å²) in [5, 5.41) is 16.5. The average Bonchev–Trinajstić information content (AvgIpc) is 3.23. The van der Waals surface area contributed by atoms with Gasteiger partial charge in [-0.2, -0.15) is 5.10 Å². The zero-order chi connectivity index (χ0) is 15.8. The summed E-state index contributed by atoms with van der Waals surface area (Å²) in [6, 6.07) is 4.07. The lowest BCUT2D eigenvalue weighted by molar-refractivity contribution is 0.366. The third-order valence-corrected chi connectivity index (χ3v) is 5.81. The van der Waals surface area contributed by atoms with Crippen molar-refractivity contribution in [2.24, 2.45) is 24.8 Å². The van der Waals surface area contributed by atoms with Gasteiger partial charge >= 0.3 is 0 Å². The molecule has 0 aliphatic heterocycles. The van der Waals surface area contributed by atoms with Crippen molar-refractivity contribution in [3.8, 4) is 11.4 Å². The Morgan fingerprint density at radius 2 is 2.09 bits per heavy atom. The first kappa shape index (κ1) is 14.7. The van der Waals surface area contributed by atoms with Gasteiger partial charge in [0.05, 0.1) is 11.9 Å². The van der Waals surface area contributed by atoms with Crippen LogP contribution in [0.3, 0.4) is 0 Å². The van der Waals surface area contributed by atoms with Crippen molar-refractivity contribution in [1.82, 2.24) is 20.0 Å². The van der Waals surface area contributed by atoms with Gasteiger partial charge in [-0.05, 0) is 61.6 Å². The minimum Gasteiger partial charge on any atom is -0.368 e. The average molecular weight is 311 g/mol. The normalized spacial score (nSPS) is 26.4. The summed E-state index contributed by atoms with van der Waals surface area (Å²) in [6.45, 7) is 3.09. The van der Waals surface area contributed by atoms with Gasteiger partial charge in [0.15, 0.2) is 0 Å². The highest BCUT2D eigenvalue weighted by Crippen LogP contribution is 2.47. The van der Waals surface area contributed by atoms with Crippen LogP contribution in [0.4, 0.5) is 5.82 Å². The molecular formula is C18H25N5. The van der Waals surface area contributed by atoms with Gasteiger partial charge in [0.25, 0.3) is 0 Å². The zero-order valence-electron chi connectivity index (χ0n) is 14.0. The molecule has 2 aliphatic carbocycles. The standard InChI is InChI=1S/C18H25N5/c1-12-10-20-23(2)18(12)16-8-9-17(22-21-16)19-11-14-7-6-13-4-3-5-15(13)14/h8-10,13-15H,3-7,11H2,1-2H3,(H,19,22). The predicted octanol–water partition coefficient (Wildman–Crippen LogP) is 3.42. The van der Waals surface area contributed by atoms with E-state index in [4.69, 9.17) is 0 Å². The van der Waals surface area contributed by atoms with Crippen molar-refractivity contribution in [3.63, 3.8) is 0 Å². The monoisotopic (exact) mass is 311 g/mol. The molecule has 0 spiro atoms. The first-order valence-corrected chi connectivity index (χ1v) is 8.79. The summed E-state index contributed by atoms with van der Waals surface area (Å²) in [7, 11) is 1.94.